The van der Waals surface area contributed by atoms with Crippen molar-refractivity contribution >= 4 is 38.3 Å². The number of aromatic amines is 1. The smallest absolute Gasteiger partial charge is 0.274 e. The molecule has 4 aromatic rings. The lowest BCUT2D eigenvalue weighted by atomic mass is 10.2. The number of pyridine rings is 1. The second-order valence-corrected chi connectivity index (χ2v) is 7.85. The Morgan fingerprint density at radius 2 is 1.66 bits per heavy atom. The molecule has 7 nitrogen and oxygen atoms in total. The molecular weight excluding hydrogens is 395 g/mol. The fraction of sp³-hybridized carbons (Fsp3) is 0. The molecule has 0 saturated heterocycles. The van der Waals surface area contributed by atoms with Gasteiger partial charge in [-0.2, -0.15) is 0 Å². The van der Waals surface area contributed by atoms with Crippen LogP contribution >= 0.6 is 0 Å². The molecule has 0 aliphatic rings. The lowest BCUT2D eigenvalue weighted by Crippen LogP contribution is -2.18. The molecule has 0 aliphatic heterocycles. The van der Waals surface area contributed by atoms with E-state index in [2.05, 4.69) is 20.0 Å². The Morgan fingerprint density at radius 3 is 2.41 bits per heavy atom. The van der Waals surface area contributed by atoms with Crippen molar-refractivity contribution in [2.45, 2.75) is 4.90 Å². The Bertz CT molecular complexity index is 1300. The summed E-state index contributed by atoms with van der Waals surface area (Å²) in [6.45, 7) is 0. The highest BCUT2D eigenvalue weighted by Crippen LogP contribution is 2.25. The van der Waals surface area contributed by atoms with E-state index in [1.165, 1.54) is 6.07 Å². The largest absolute Gasteiger partial charge is 0.346 e. The normalized spacial score (nSPS) is 11.3. The predicted octanol–water partition coefficient (Wildman–Crippen LogP) is 3.76. The zero-order chi connectivity index (χ0) is 20.4. The van der Waals surface area contributed by atoms with Gasteiger partial charge in [-0.05, 0) is 54.6 Å². The second kappa shape index (κ2) is 7.36. The summed E-state index contributed by atoms with van der Waals surface area (Å²) in [4.78, 5) is 19.7. The molecule has 2 aromatic carbocycles. The van der Waals surface area contributed by atoms with Crippen molar-refractivity contribution in [2.24, 2.45) is 0 Å². The number of rotatable bonds is 5. The van der Waals surface area contributed by atoms with Gasteiger partial charge >= 0.3 is 0 Å². The van der Waals surface area contributed by atoms with E-state index in [9.17, 15) is 17.6 Å². The molecule has 0 spiro atoms. The molecule has 1 amide bonds. The van der Waals surface area contributed by atoms with Crippen LogP contribution in [0, 0.1) is 5.82 Å². The van der Waals surface area contributed by atoms with Crippen LogP contribution in [-0.2, 0) is 10.0 Å². The Balaban J connectivity index is 1.59. The van der Waals surface area contributed by atoms with Crippen molar-refractivity contribution in [2.75, 3.05) is 10.0 Å². The van der Waals surface area contributed by atoms with Crippen LogP contribution in [0.25, 0.3) is 11.0 Å². The van der Waals surface area contributed by atoms with Crippen LogP contribution in [0.2, 0.25) is 0 Å². The number of amides is 1. The molecule has 9 heteroatoms. The van der Waals surface area contributed by atoms with Gasteiger partial charge in [0.15, 0.2) is 0 Å². The third-order valence-electron chi connectivity index (χ3n) is 4.19. The number of halogens is 1. The molecule has 29 heavy (non-hydrogen) atoms. The Hall–Kier alpha value is -3.72. The molecule has 0 aliphatic carbocycles. The molecule has 2 aromatic heterocycles. The minimum absolute atomic E-state index is 0.0982. The van der Waals surface area contributed by atoms with Crippen LogP contribution in [0.5, 0.6) is 0 Å². The number of nitrogens with one attached hydrogen (secondary N) is 3. The third-order valence-corrected chi connectivity index (χ3v) is 5.57. The van der Waals surface area contributed by atoms with Crippen LogP contribution in [0.3, 0.4) is 0 Å². The van der Waals surface area contributed by atoms with Crippen LogP contribution < -0.4 is 10.0 Å². The van der Waals surface area contributed by atoms with Gasteiger partial charge < -0.3 is 10.3 Å². The van der Waals surface area contributed by atoms with Gasteiger partial charge in [0.25, 0.3) is 15.9 Å². The summed E-state index contributed by atoms with van der Waals surface area (Å²) in [6, 6.07) is 16.0. The van der Waals surface area contributed by atoms with E-state index < -0.39 is 21.7 Å². The lowest BCUT2D eigenvalue weighted by molar-refractivity contribution is 0.102. The monoisotopic (exact) mass is 410 g/mol. The van der Waals surface area contributed by atoms with Crippen molar-refractivity contribution < 1.29 is 17.6 Å². The number of nitrogens with zero attached hydrogens (tertiary/aromatic N) is 1. The van der Waals surface area contributed by atoms with E-state index in [-0.39, 0.29) is 22.0 Å². The summed E-state index contributed by atoms with van der Waals surface area (Å²) in [5.74, 6) is -1.03. The molecule has 0 saturated carbocycles. The van der Waals surface area contributed by atoms with Crippen molar-refractivity contribution in [3.05, 3.63) is 84.4 Å². The first-order valence-electron chi connectivity index (χ1n) is 8.55. The van der Waals surface area contributed by atoms with Crippen LogP contribution in [0.4, 0.5) is 15.8 Å². The highest BCUT2D eigenvalue weighted by atomic mass is 32.2. The first-order chi connectivity index (χ1) is 13.9. The van der Waals surface area contributed by atoms with Crippen molar-refractivity contribution in [1.82, 2.24) is 9.97 Å². The zero-order valence-corrected chi connectivity index (χ0v) is 15.7. The van der Waals surface area contributed by atoms with Gasteiger partial charge in [0.2, 0.25) is 0 Å². The molecule has 0 atom stereocenters. The molecule has 0 radical (unpaired) electrons. The van der Waals surface area contributed by atoms with Crippen LogP contribution in [0.1, 0.15) is 10.5 Å². The number of carbonyl (C=O) groups is 1. The fourth-order valence-corrected chi connectivity index (χ4v) is 3.82. The summed E-state index contributed by atoms with van der Waals surface area (Å²) < 4.78 is 40.6. The van der Waals surface area contributed by atoms with E-state index in [1.54, 1.807) is 36.5 Å². The highest BCUT2D eigenvalue weighted by molar-refractivity contribution is 7.92. The molecule has 0 bridgehead atoms. The Labute approximate surface area is 165 Å². The molecule has 2 heterocycles. The number of para-hydroxylation sites is 2. The highest BCUT2D eigenvalue weighted by Gasteiger charge is 2.17. The average molecular weight is 410 g/mol. The number of aromatic nitrogens is 2. The molecule has 0 fully saturated rings. The van der Waals surface area contributed by atoms with Gasteiger partial charge in [0.05, 0.1) is 16.3 Å². The van der Waals surface area contributed by atoms with Crippen LogP contribution in [0.15, 0.2) is 77.8 Å². The quantitative estimate of drug-likeness (QED) is 0.466. The van der Waals surface area contributed by atoms with E-state index in [0.29, 0.717) is 5.65 Å². The van der Waals surface area contributed by atoms with E-state index in [1.807, 2.05) is 6.07 Å². The Kier molecular flexibility index (Phi) is 4.73. The molecular formula is C20H15FN4O3S. The van der Waals surface area contributed by atoms with Gasteiger partial charge in [-0.3, -0.25) is 9.52 Å². The molecule has 3 N–H and O–H groups in total. The van der Waals surface area contributed by atoms with Crippen molar-refractivity contribution in [3.63, 3.8) is 0 Å². The molecule has 4 rings (SSSR count). The third kappa shape index (κ3) is 3.94. The number of hydrogen-bond donors (Lipinski definition) is 3. The fourth-order valence-electron chi connectivity index (χ4n) is 2.74. The van der Waals surface area contributed by atoms with E-state index in [0.717, 1.165) is 29.7 Å². The molecule has 146 valence electrons. The maximum Gasteiger partial charge on any atom is 0.274 e. The van der Waals surface area contributed by atoms with Gasteiger partial charge in [0, 0.05) is 11.6 Å². The minimum Gasteiger partial charge on any atom is -0.346 e. The summed E-state index contributed by atoms with van der Waals surface area (Å²) in [5, 5.41) is 3.53. The number of fused-ring (bicyclic) bond motifs is 1. The van der Waals surface area contributed by atoms with Gasteiger partial charge in [-0.25, -0.2) is 17.8 Å². The summed E-state index contributed by atoms with van der Waals surface area (Å²) in [5.41, 5.74) is 1.18. The number of benzene rings is 2. The summed E-state index contributed by atoms with van der Waals surface area (Å²) in [6.07, 6.45) is 1.72. The topological polar surface area (TPSA) is 104 Å². The van der Waals surface area contributed by atoms with E-state index >= 15 is 0 Å². The number of sulfonamides is 1. The van der Waals surface area contributed by atoms with Crippen LogP contribution in [-0.4, -0.2) is 24.3 Å². The predicted molar refractivity (Wildman–Crippen MR) is 108 cm³/mol. The number of hydrogen-bond acceptors (Lipinski definition) is 4. The minimum atomic E-state index is -3.96. The molecule has 0 unspecified atom stereocenters. The summed E-state index contributed by atoms with van der Waals surface area (Å²) >= 11 is 0. The SMILES string of the molecule is O=C(Nc1ccccc1NS(=O)(=O)c1ccc(F)cc1)c1ccc2cc[nH]c2n1. The first kappa shape index (κ1) is 18.6. The van der Waals surface area contributed by atoms with Gasteiger partial charge in [0.1, 0.15) is 17.2 Å². The maximum absolute atomic E-state index is 13.1. The second-order valence-electron chi connectivity index (χ2n) is 6.17. The van der Waals surface area contributed by atoms with Gasteiger partial charge in [-0.15, -0.1) is 0 Å². The number of anilines is 2. The first-order valence-corrected chi connectivity index (χ1v) is 10.0. The van der Waals surface area contributed by atoms with Crippen molar-refractivity contribution in [3.8, 4) is 0 Å². The van der Waals surface area contributed by atoms with E-state index in [4.69, 9.17) is 0 Å². The zero-order valence-electron chi connectivity index (χ0n) is 14.9. The lowest BCUT2D eigenvalue weighted by Gasteiger charge is -2.13. The number of carbonyl (C=O) groups excluding carboxylic acids is 1. The summed E-state index contributed by atoms with van der Waals surface area (Å²) in [7, 11) is -3.96. The van der Waals surface area contributed by atoms with Crippen molar-refractivity contribution in [1.29, 1.82) is 0 Å². The Morgan fingerprint density at radius 1 is 0.931 bits per heavy atom. The maximum atomic E-state index is 13.1. The van der Waals surface area contributed by atoms with Gasteiger partial charge in [-0.1, -0.05) is 12.1 Å². The average Bonchev–Trinajstić information content (AvgIpc) is 3.17. The number of H-pyrrole nitrogens is 1. The standard InChI is InChI=1S/C20H15FN4O3S/c21-14-6-8-15(9-7-14)29(27,28)25-17-4-2-1-3-16(17)24-20(26)18-10-5-13-11-12-22-19(13)23-18/h1-12,25H,(H,22,23)(H,24,26).